The molecule has 1 saturated heterocycles. The van der Waals surface area contributed by atoms with Crippen LogP contribution < -0.4 is 10.1 Å². The zero-order valence-electron chi connectivity index (χ0n) is 21.0. The van der Waals surface area contributed by atoms with Crippen molar-refractivity contribution < 1.29 is 49.4 Å². The first kappa shape index (κ1) is 32.0. The minimum Gasteiger partial charge on any atom is -0.491 e. The van der Waals surface area contributed by atoms with E-state index < -0.39 is 30.0 Å². The third kappa shape index (κ3) is 14.5. The zero-order valence-corrected chi connectivity index (χ0v) is 21.0. The monoisotopic (exact) mass is 534 g/mol. The summed E-state index contributed by atoms with van der Waals surface area (Å²) in [5.74, 6) is -6.49. The van der Waals surface area contributed by atoms with Crippen molar-refractivity contribution in [2.75, 3.05) is 26.2 Å². The van der Waals surface area contributed by atoms with Gasteiger partial charge >= 0.3 is 23.9 Å². The second-order valence-electron chi connectivity index (χ2n) is 8.44. The number of carbonyl (C=O) groups is 4. The Morgan fingerprint density at radius 3 is 1.84 bits per heavy atom. The van der Waals surface area contributed by atoms with E-state index in [0.717, 1.165) is 38.2 Å². The molecular weight excluding hydrogens is 500 g/mol. The van der Waals surface area contributed by atoms with Gasteiger partial charge in [-0.2, -0.15) is 0 Å². The lowest BCUT2D eigenvalue weighted by Gasteiger charge is -2.33. The van der Waals surface area contributed by atoms with Crippen LogP contribution in [0.3, 0.4) is 0 Å². The molecule has 0 amide bonds. The van der Waals surface area contributed by atoms with Gasteiger partial charge in [0.1, 0.15) is 18.5 Å². The van der Waals surface area contributed by atoms with E-state index >= 15 is 0 Å². The highest BCUT2D eigenvalue weighted by Gasteiger charge is 2.19. The highest BCUT2D eigenvalue weighted by atomic mass is 16.5. The van der Waals surface area contributed by atoms with E-state index in [0.29, 0.717) is 19.2 Å². The Balaban J connectivity index is 0.000000503. The molecule has 0 saturated carbocycles. The molecule has 1 aliphatic heterocycles. The Morgan fingerprint density at radius 1 is 0.868 bits per heavy atom. The van der Waals surface area contributed by atoms with Crippen LogP contribution in [0.4, 0.5) is 0 Å². The molecule has 1 fully saturated rings. The van der Waals surface area contributed by atoms with Gasteiger partial charge in [0.05, 0.1) is 0 Å². The first-order valence-corrected chi connectivity index (χ1v) is 11.8. The summed E-state index contributed by atoms with van der Waals surface area (Å²) >= 11 is 0. The molecule has 0 bridgehead atoms. The molecule has 1 atom stereocenters. The molecule has 1 aliphatic rings. The van der Waals surface area contributed by atoms with Crippen molar-refractivity contribution in [1.82, 2.24) is 10.2 Å². The number of aryl methyl sites for hydroxylation is 1. The van der Waals surface area contributed by atoms with Gasteiger partial charge in [0, 0.05) is 19.1 Å². The fraction of sp³-hybridized carbons (Fsp3) is 0.385. The van der Waals surface area contributed by atoms with Crippen molar-refractivity contribution in [3.8, 4) is 5.75 Å². The van der Waals surface area contributed by atoms with E-state index in [1.165, 1.54) is 11.1 Å². The van der Waals surface area contributed by atoms with Gasteiger partial charge in [0.2, 0.25) is 0 Å². The average molecular weight is 535 g/mol. The van der Waals surface area contributed by atoms with E-state index in [-0.39, 0.29) is 0 Å². The van der Waals surface area contributed by atoms with E-state index in [4.69, 9.17) is 44.3 Å². The van der Waals surface area contributed by atoms with Crippen molar-refractivity contribution in [3.05, 3.63) is 65.7 Å². The van der Waals surface area contributed by atoms with Gasteiger partial charge in [-0.1, -0.05) is 48.0 Å². The van der Waals surface area contributed by atoms with Crippen molar-refractivity contribution in [2.45, 2.75) is 38.5 Å². The Labute approximate surface area is 220 Å². The maximum atomic E-state index is 10.1. The number of piperidine rings is 1. The summed E-state index contributed by atoms with van der Waals surface area (Å²) in [6.45, 7) is 6.18. The van der Waals surface area contributed by atoms with Crippen LogP contribution in [0.5, 0.6) is 5.75 Å². The van der Waals surface area contributed by atoms with Gasteiger partial charge in [-0.05, 0) is 50.6 Å². The number of carboxylic acid groups (broad SMARTS) is 4. The normalized spacial score (nSPS) is 14.1. The number of likely N-dealkylation sites (tertiary alicyclic amines) is 1. The van der Waals surface area contributed by atoms with Crippen LogP contribution in [0.2, 0.25) is 0 Å². The second-order valence-corrected chi connectivity index (χ2v) is 8.44. The summed E-state index contributed by atoms with van der Waals surface area (Å²) in [4.78, 5) is 38.9. The third-order valence-corrected chi connectivity index (χ3v) is 5.31. The average Bonchev–Trinajstić information content (AvgIpc) is 2.89. The molecule has 38 heavy (non-hydrogen) atoms. The van der Waals surface area contributed by atoms with Crippen molar-refractivity contribution >= 4 is 23.9 Å². The molecule has 0 aliphatic carbocycles. The molecule has 3 rings (SSSR count). The molecule has 12 heteroatoms. The lowest BCUT2D eigenvalue weighted by molar-refractivity contribution is -0.159. The Kier molecular flexibility index (Phi) is 14.7. The first-order valence-electron chi connectivity index (χ1n) is 11.8. The standard InChI is InChI=1S/C22H30N2O2.2C2H2O4/c1-18-7-9-22(10-8-18)26-17-21(25)15-23-20-11-13-24(14-12-20)16-19-5-3-2-4-6-19;2*3-1(4)2(5)6/h2-10,20-21,23,25H,11-17H2,1H3;2*(H,3,4)(H,5,6). The summed E-state index contributed by atoms with van der Waals surface area (Å²) in [5.41, 5.74) is 2.58. The van der Waals surface area contributed by atoms with Crippen LogP contribution in [0, 0.1) is 6.92 Å². The maximum Gasteiger partial charge on any atom is 0.414 e. The summed E-state index contributed by atoms with van der Waals surface area (Å²) in [6.07, 6.45) is 1.76. The molecule has 2 aromatic carbocycles. The van der Waals surface area contributed by atoms with Gasteiger partial charge in [0.25, 0.3) is 0 Å². The van der Waals surface area contributed by atoms with Gasteiger partial charge in [0.15, 0.2) is 0 Å². The van der Waals surface area contributed by atoms with Crippen LogP contribution in [0.25, 0.3) is 0 Å². The molecule has 0 aromatic heterocycles. The van der Waals surface area contributed by atoms with Gasteiger partial charge in [-0.3, -0.25) is 4.90 Å². The van der Waals surface area contributed by atoms with E-state index in [9.17, 15) is 5.11 Å². The molecule has 6 N–H and O–H groups in total. The van der Waals surface area contributed by atoms with Crippen LogP contribution in [0.1, 0.15) is 24.0 Å². The highest BCUT2D eigenvalue weighted by Crippen LogP contribution is 2.14. The first-order chi connectivity index (χ1) is 18.0. The predicted octanol–water partition coefficient (Wildman–Crippen LogP) is 1.30. The molecule has 208 valence electrons. The molecule has 12 nitrogen and oxygen atoms in total. The number of nitrogens with one attached hydrogen (secondary N) is 1. The maximum absolute atomic E-state index is 10.1. The fourth-order valence-electron chi connectivity index (χ4n) is 3.33. The van der Waals surface area contributed by atoms with E-state index in [2.05, 4.69) is 40.5 Å². The Bertz CT molecular complexity index is 958. The number of benzene rings is 2. The highest BCUT2D eigenvalue weighted by molar-refractivity contribution is 6.27. The third-order valence-electron chi connectivity index (χ3n) is 5.31. The van der Waals surface area contributed by atoms with Crippen LogP contribution in [-0.2, 0) is 25.7 Å². The predicted molar refractivity (Wildman–Crippen MR) is 136 cm³/mol. The fourth-order valence-corrected chi connectivity index (χ4v) is 3.33. The number of rotatable bonds is 8. The quantitative estimate of drug-likeness (QED) is 0.266. The minimum absolute atomic E-state index is 0.322. The number of ether oxygens (including phenoxy) is 1. The zero-order chi connectivity index (χ0) is 28.5. The number of aliphatic hydroxyl groups is 1. The molecule has 1 heterocycles. The van der Waals surface area contributed by atoms with Crippen LogP contribution >= 0.6 is 0 Å². The minimum atomic E-state index is -1.82. The number of nitrogens with zero attached hydrogens (tertiary/aromatic N) is 1. The van der Waals surface area contributed by atoms with Crippen LogP contribution in [-0.4, -0.2) is 92.7 Å². The number of aliphatic carboxylic acids is 4. The van der Waals surface area contributed by atoms with Crippen molar-refractivity contribution in [3.63, 3.8) is 0 Å². The molecule has 0 radical (unpaired) electrons. The molecule has 0 spiro atoms. The van der Waals surface area contributed by atoms with E-state index in [1.54, 1.807) is 0 Å². The second kappa shape index (κ2) is 17.5. The van der Waals surface area contributed by atoms with Crippen molar-refractivity contribution in [2.24, 2.45) is 0 Å². The van der Waals surface area contributed by atoms with Gasteiger partial charge < -0.3 is 35.6 Å². The SMILES string of the molecule is Cc1ccc(OCC(O)CNC2CCN(Cc3ccccc3)CC2)cc1.O=C(O)C(=O)O.O=C(O)C(=O)O. The molecule has 2 aromatic rings. The number of aliphatic hydroxyl groups excluding tert-OH is 1. The van der Waals surface area contributed by atoms with Gasteiger partial charge in [-0.25, -0.2) is 19.2 Å². The molecular formula is C26H34N2O10. The lowest BCUT2D eigenvalue weighted by atomic mass is 10.0. The number of hydrogen-bond donors (Lipinski definition) is 6. The van der Waals surface area contributed by atoms with Crippen LogP contribution in [0.15, 0.2) is 54.6 Å². The summed E-state index contributed by atoms with van der Waals surface area (Å²) in [6, 6.07) is 19.0. The Hall–Kier alpha value is -4.00. The smallest absolute Gasteiger partial charge is 0.414 e. The topological polar surface area (TPSA) is 194 Å². The summed E-state index contributed by atoms with van der Waals surface area (Å²) in [7, 11) is 0. The number of carboxylic acids is 4. The molecule has 1 unspecified atom stereocenters. The number of hydrogen-bond acceptors (Lipinski definition) is 8. The van der Waals surface area contributed by atoms with Crippen molar-refractivity contribution in [1.29, 1.82) is 0 Å². The largest absolute Gasteiger partial charge is 0.491 e. The Morgan fingerprint density at radius 2 is 1.37 bits per heavy atom. The van der Waals surface area contributed by atoms with Gasteiger partial charge in [-0.15, -0.1) is 0 Å². The van der Waals surface area contributed by atoms with E-state index in [1.807, 2.05) is 31.2 Å². The summed E-state index contributed by atoms with van der Waals surface area (Å²) < 4.78 is 5.65. The lowest BCUT2D eigenvalue weighted by Crippen LogP contribution is -2.45. The summed E-state index contributed by atoms with van der Waals surface area (Å²) in [5, 5.41) is 43.2.